The van der Waals surface area contributed by atoms with E-state index in [0.717, 1.165) is 25.7 Å². The Hall–Kier alpha value is -1.06. The zero-order valence-electron chi connectivity index (χ0n) is 9.69. The molecule has 2 aliphatic rings. The summed E-state index contributed by atoms with van der Waals surface area (Å²) in [5.41, 5.74) is 0. The lowest BCUT2D eigenvalue weighted by Gasteiger charge is -2.33. The van der Waals surface area contributed by atoms with Crippen LogP contribution in [0.5, 0.6) is 0 Å². The van der Waals surface area contributed by atoms with Crippen molar-refractivity contribution in [3.8, 4) is 0 Å². The number of carbonyl (C=O) groups excluding carboxylic acids is 1. The Balaban J connectivity index is 1.83. The largest absolute Gasteiger partial charge is 0.481 e. The third-order valence-electron chi connectivity index (χ3n) is 3.87. The van der Waals surface area contributed by atoms with Crippen LogP contribution in [-0.4, -0.2) is 35.0 Å². The minimum Gasteiger partial charge on any atom is -0.481 e. The van der Waals surface area contributed by atoms with E-state index >= 15 is 0 Å². The summed E-state index contributed by atoms with van der Waals surface area (Å²) in [5, 5.41) is 8.89. The van der Waals surface area contributed by atoms with Crippen molar-refractivity contribution in [2.45, 2.75) is 44.6 Å². The molecule has 0 aromatic heterocycles. The van der Waals surface area contributed by atoms with Gasteiger partial charge in [-0.25, -0.2) is 0 Å². The van der Waals surface area contributed by atoms with Gasteiger partial charge in [-0.3, -0.25) is 9.59 Å². The Labute approximate surface area is 95.6 Å². The van der Waals surface area contributed by atoms with E-state index < -0.39 is 5.97 Å². The molecule has 0 aromatic carbocycles. The van der Waals surface area contributed by atoms with Gasteiger partial charge in [0.1, 0.15) is 0 Å². The van der Waals surface area contributed by atoms with Crippen LogP contribution in [0.1, 0.15) is 38.5 Å². The zero-order chi connectivity index (χ0) is 11.7. The Morgan fingerprint density at radius 2 is 1.50 bits per heavy atom. The standard InChI is InChI=1S/C12H19NO3/c1-13(11(14)8-2-3-8)10-6-4-9(5-7-10)12(15)16/h8-10H,2-7H2,1H3,(H,15,16). The average Bonchev–Trinajstić information content (AvgIpc) is 3.11. The number of hydrogen-bond donors (Lipinski definition) is 1. The first-order valence-electron chi connectivity index (χ1n) is 6.09. The minimum absolute atomic E-state index is 0.194. The van der Waals surface area contributed by atoms with Crippen molar-refractivity contribution in [2.24, 2.45) is 11.8 Å². The van der Waals surface area contributed by atoms with Crippen LogP contribution in [0.3, 0.4) is 0 Å². The van der Waals surface area contributed by atoms with Gasteiger partial charge < -0.3 is 10.0 Å². The highest BCUT2D eigenvalue weighted by Crippen LogP contribution is 2.34. The summed E-state index contributed by atoms with van der Waals surface area (Å²) >= 11 is 0. The number of carboxylic acid groups (broad SMARTS) is 1. The Bertz CT molecular complexity index is 291. The van der Waals surface area contributed by atoms with Crippen LogP contribution in [-0.2, 0) is 9.59 Å². The second kappa shape index (κ2) is 4.44. The van der Waals surface area contributed by atoms with E-state index in [0.29, 0.717) is 12.8 Å². The Kier molecular flexibility index (Phi) is 3.17. The monoisotopic (exact) mass is 225 g/mol. The molecular formula is C12H19NO3. The van der Waals surface area contributed by atoms with Gasteiger partial charge in [0.05, 0.1) is 5.92 Å². The third-order valence-corrected chi connectivity index (χ3v) is 3.87. The molecule has 0 heterocycles. The molecule has 16 heavy (non-hydrogen) atoms. The number of aliphatic carboxylic acids is 1. The molecule has 4 nitrogen and oxygen atoms in total. The highest BCUT2D eigenvalue weighted by molar-refractivity contribution is 5.81. The highest BCUT2D eigenvalue weighted by atomic mass is 16.4. The molecule has 0 radical (unpaired) electrons. The van der Waals surface area contributed by atoms with Gasteiger partial charge in [-0.15, -0.1) is 0 Å². The average molecular weight is 225 g/mol. The maximum atomic E-state index is 11.8. The fraction of sp³-hybridized carbons (Fsp3) is 0.833. The first-order chi connectivity index (χ1) is 7.59. The molecule has 2 rings (SSSR count). The lowest BCUT2D eigenvalue weighted by molar-refractivity contribution is -0.143. The van der Waals surface area contributed by atoms with Gasteiger partial charge in [-0.05, 0) is 38.5 Å². The van der Waals surface area contributed by atoms with Crippen LogP contribution in [0.25, 0.3) is 0 Å². The molecule has 0 atom stereocenters. The maximum absolute atomic E-state index is 11.8. The molecule has 0 saturated heterocycles. The van der Waals surface area contributed by atoms with Gasteiger partial charge in [0.25, 0.3) is 0 Å². The molecule has 0 aromatic rings. The van der Waals surface area contributed by atoms with Crippen molar-refractivity contribution in [3.05, 3.63) is 0 Å². The molecule has 0 aliphatic heterocycles. The summed E-state index contributed by atoms with van der Waals surface area (Å²) in [7, 11) is 1.87. The number of carboxylic acids is 1. The van der Waals surface area contributed by atoms with Crippen LogP contribution in [0, 0.1) is 11.8 Å². The number of rotatable bonds is 3. The summed E-state index contributed by atoms with van der Waals surface area (Å²) in [6, 6.07) is 0.267. The van der Waals surface area contributed by atoms with E-state index in [1.807, 2.05) is 11.9 Å². The zero-order valence-corrected chi connectivity index (χ0v) is 9.69. The van der Waals surface area contributed by atoms with Gasteiger partial charge in [0, 0.05) is 19.0 Å². The van der Waals surface area contributed by atoms with Gasteiger partial charge in [-0.1, -0.05) is 0 Å². The molecule has 4 heteroatoms. The molecule has 0 bridgehead atoms. The second-order valence-electron chi connectivity index (χ2n) is 5.07. The van der Waals surface area contributed by atoms with Gasteiger partial charge in [-0.2, -0.15) is 0 Å². The quantitative estimate of drug-likeness (QED) is 0.791. The van der Waals surface area contributed by atoms with Gasteiger partial charge in [0.15, 0.2) is 0 Å². The van der Waals surface area contributed by atoms with E-state index in [1.54, 1.807) is 0 Å². The Morgan fingerprint density at radius 1 is 1.00 bits per heavy atom. The first-order valence-corrected chi connectivity index (χ1v) is 6.09. The topological polar surface area (TPSA) is 57.6 Å². The fourth-order valence-electron chi connectivity index (χ4n) is 2.51. The minimum atomic E-state index is -0.686. The summed E-state index contributed by atoms with van der Waals surface area (Å²) < 4.78 is 0. The number of nitrogens with zero attached hydrogens (tertiary/aromatic N) is 1. The molecule has 1 N–H and O–H groups in total. The Morgan fingerprint density at radius 3 is 1.94 bits per heavy atom. The number of carbonyl (C=O) groups is 2. The lowest BCUT2D eigenvalue weighted by Crippen LogP contribution is -2.41. The first kappa shape index (κ1) is 11.4. The van der Waals surface area contributed by atoms with Crippen molar-refractivity contribution < 1.29 is 14.7 Å². The molecule has 2 fully saturated rings. The highest BCUT2D eigenvalue weighted by Gasteiger charge is 2.36. The van der Waals surface area contributed by atoms with E-state index in [9.17, 15) is 9.59 Å². The molecular weight excluding hydrogens is 206 g/mol. The van der Waals surface area contributed by atoms with Crippen molar-refractivity contribution in [1.82, 2.24) is 4.90 Å². The van der Waals surface area contributed by atoms with Gasteiger partial charge in [0.2, 0.25) is 5.91 Å². The van der Waals surface area contributed by atoms with Crippen LogP contribution < -0.4 is 0 Å². The van der Waals surface area contributed by atoms with Crippen molar-refractivity contribution in [3.63, 3.8) is 0 Å². The molecule has 0 unspecified atom stereocenters. The third kappa shape index (κ3) is 2.36. The van der Waals surface area contributed by atoms with Crippen molar-refractivity contribution >= 4 is 11.9 Å². The van der Waals surface area contributed by atoms with Gasteiger partial charge >= 0.3 is 5.97 Å². The fourth-order valence-corrected chi connectivity index (χ4v) is 2.51. The molecule has 2 saturated carbocycles. The molecule has 0 spiro atoms. The summed E-state index contributed by atoms with van der Waals surface area (Å²) in [5.74, 6) is -0.351. The molecule has 2 aliphatic carbocycles. The summed E-state index contributed by atoms with van der Waals surface area (Å²) in [4.78, 5) is 24.5. The summed E-state index contributed by atoms with van der Waals surface area (Å²) in [6.45, 7) is 0. The SMILES string of the molecule is CN(C(=O)C1CC1)C1CCC(C(=O)O)CC1. The number of amides is 1. The normalized spacial score (nSPS) is 29.8. The van der Waals surface area contributed by atoms with E-state index in [2.05, 4.69) is 0 Å². The van der Waals surface area contributed by atoms with Crippen LogP contribution in [0.15, 0.2) is 0 Å². The smallest absolute Gasteiger partial charge is 0.306 e. The predicted molar refractivity (Wildman–Crippen MR) is 58.9 cm³/mol. The van der Waals surface area contributed by atoms with Crippen LogP contribution >= 0.6 is 0 Å². The predicted octanol–water partition coefficient (Wildman–Crippen LogP) is 1.50. The van der Waals surface area contributed by atoms with Crippen molar-refractivity contribution in [1.29, 1.82) is 0 Å². The molecule has 90 valence electrons. The van der Waals surface area contributed by atoms with E-state index in [4.69, 9.17) is 5.11 Å². The maximum Gasteiger partial charge on any atom is 0.306 e. The van der Waals surface area contributed by atoms with E-state index in [1.165, 1.54) is 0 Å². The second-order valence-corrected chi connectivity index (χ2v) is 5.07. The lowest BCUT2D eigenvalue weighted by atomic mass is 9.85. The molecule has 1 amide bonds. The van der Waals surface area contributed by atoms with Crippen LogP contribution in [0.4, 0.5) is 0 Å². The number of hydrogen-bond acceptors (Lipinski definition) is 2. The van der Waals surface area contributed by atoms with Crippen LogP contribution in [0.2, 0.25) is 0 Å². The summed E-state index contributed by atoms with van der Waals surface area (Å²) in [6.07, 6.45) is 5.17. The van der Waals surface area contributed by atoms with E-state index in [-0.39, 0.29) is 23.8 Å². The van der Waals surface area contributed by atoms with Crippen molar-refractivity contribution in [2.75, 3.05) is 7.05 Å².